The highest BCUT2D eigenvalue weighted by Gasteiger charge is 2.11. The van der Waals surface area contributed by atoms with Crippen LogP contribution in [0.15, 0.2) is 22.8 Å². The van der Waals surface area contributed by atoms with Crippen LogP contribution >= 0.6 is 27.3 Å². The largest absolute Gasteiger partial charge is 0.396 e. The Kier molecular flexibility index (Phi) is 3.97. The van der Waals surface area contributed by atoms with Gasteiger partial charge in [-0.2, -0.15) is 0 Å². The number of hydrogen-bond acceptors (Lipinski definition) is 3. The zero-order valence-corrected chi connectivity index (χ0v) is 12.2. The van der Waals surface area contributed by atoms with E-state index in [0.717, 1.165) is 14.5 Å². The van der Waals surface area contributed by atoms with Crippen molar-refractivity contribution in [2.75, 3.05) is 6.61 Å². The zero-order chi connectivity index (χ0) is 12.4. The van der Waals surface area contributed by atoms with Gasteiger partial charge in [-0.25, -0.2) is 4.98 Å². The standard InChI is InChI=1S/C13H14BrNOS/c1-8-3-4-9(2)10(7-8)13-15-12(14)11(17-13)5-6-16/h3-4,7,16H,5-6H2,1-2H3. The average molecular weight is 312 g/mol. The van der Waals surface area contributed by atoms with E-state index in [2.05, 4.69) is 53.0 Å². The summed E-state index contributed by atoms with van der Waals surface area (Å²) in [6.07, 6.45) is 0.656. The Balaban J connectivity index is 2.45. The van der Waals surface area contributed by atoms with Gasteiger partial charge in [-0.3, -0.25) is 0 Å². The van der Waals surface area contributed by atoms with Crippen molar-refractivity contribution in [3.8, 4) is 10.6 Å². The molecule has 17 heavy (non-hydrogen) atoms. The first-order chi connectivity index (χ1) is 8.11. The monoisotopic (exact) mass is 311 g/mol. The fraction of sp³-hybridized carbons (Fsp3) is 0.308. The van der Waals surface area contributed by atoms with Crippen molar-refractivity contribution in [1.82, 2.24) is 4.98 Å². The van der Waals surface area contributed by atoms with E-state index in [4.69, 9.17) is 5.11 Å². The number of thiazole rings is 1. The van der Waals surface area contributed by atoms with Gasteiger partial charge >= 0.3 is 0 Å². The number of aryl methyl sites for hydroxylation is 2. The summed E-state index contributed by atoms with van der Waals surface area (Å²) in [5.74, 6) is 0. The van der Waals surface area contributed by atoms with Gasteiger partial charge in [0.15, 0.2) is 0 Å². The molecule has 0 saturated carbocycles. The van der Waals surface area contributed by atoms with Gasteiger partial charge in [-0.05, 0) is 41.4 Å². The zero-order valence-electron chi connectivity index (χ0n) is 9.83. The molecule has 0 aliphatic carbocycles. The molecule has 0 bridgehead atoms. The van der Waals surface area contributed by atoms with Crippen molar-refractivity contribution in [1.29, 1.82) is 0 Å². The molecule has 2 nitrogen and oxygen atoms in total. The van der Waals surface area contributed by atoms with Crippen molar-refractivity contribution in [2.45, 2.75) is 20.3 Å². The highest BCUT2D eigenvalue weighted by molar-refractivity contribution is 9.10. The van der Waals surface area contributed by atoms with E-state index in [-0.39, 0.29) is 6.61 Å². The number of hydrogen-bond donors (Lipinski definition) is 1. The molecule has 0 amide bonds. The normalized spacial score (nSPS) is 10.8. The Labute approximate surface area is 113 Å². The van der Waals surface area contributed by atoms with Gasteiger partial charge in [0.2, 0.25) is 0 Å². The molecule has 0 fully saturated rings. The van der Waals surface area contributed by atoms with Gasteiger partial charge in [0, 0.05) is 23.5 Å². The van der Waals surface area contributed by atoms with E-state index in [0.29, 0.717) is 6.42 Å². The molecular formula is C13H14BrNOS. The van der Waals surface area contributed by atoms with Crippen LogP contribution in [-0.2, 0) is 6.42 Å². The molecule has 0 radical (unpaired) electrons. The molecule has 0 unspecified atom stereocenters. The maximum atomic E-state index is 8.98. The third-order valence-corrected chi connectivity index (χ3v) is 4.68. The molecule has 0 spiro atoms. The first-order valence-electron chi connectivity index (χ1n) is 5.45. The molecule has 0 aliphatic rings. The van der Waals surface area contributed by atoms with Crippen LogP contribution in [0.25, 0.3) is 10.6 Å². The molecule has 1 aromatic carbocycles. The number of rotatable bonds is 3. The van der Waals surface area contributed by atoms with Crippen molar-refractivity contribution in [3.05, 3.63) is 38.8 Å². The predicted octanol–water partition coefficient (Wildman–Crippen LogP) is 3.72. The van der Waals surface area contributed by atoms with Gasteiger partial charge in [-0.15, -0.1) is 11.3 Å². The Morgan fingerprint density at radius 2 is 2.12 bits per heavy atom. The molecule has 0 saturated heterocycles. The molecule has 90 valence electrons. The second kappa shape index (κ2) is 5.29. The van der Waals surface area contributed by atoms with Crippen molar-refractivity contribution in [2.24, 2.45) is 0 Å². The van der Waals surface area contributed by atoms with E-state index >= 15 is 0 Å². The fourth-order valence-corrected chi connectivity index (χ4v) is 3.43. The van der Waals surface area contributed by atoms with Crippen molar-refractivity contribution in [3.63, 3.8) is 0 Å². The molecule has 1 N–H and O–H groups in total. The fourth-order valence-electron chi connectivity index (χ4n) is 1.67. The molecule has 1 heterocycles. The Hall–Kier alpha value is -0.710. The molecule has 2 rings (SSSR count). The highest BCUT2D eigenvalue weighted by Crippen LogP contribution is 2.33. The number of aliphatic hydroxyl groups is 1. The van der Waals surface area contributed by atoms with E-state index in [9.17, 15) is 0 Å². The van der Waals surface area contributed by atoms with Crippen molar-refractivity contribution < 1.29 is 5.11 Å². The first-order valence-corrected chi connectivity index (χ1v) is 7.06. The lowest BCUT2D eigenvalue weighted by Crippen LogP contribution is -1.86. The van der Waals surface area contributed by atoms with E-state index in [1.165, 1.54) is 16.7 Å². The number of aliphatic hydroxyl groups excluding tert-OH is 1. The number of aromatic nitrogens is 1. The maximum Gasteiger partial charge on any atom is 0.125 e. The summed E-state index contributed by atoms with van der Waals surface area (Å²) >= 11 is 5.09. The summed E-state index contributed by atoms with van der Waals surface area (Å²) in [5, 5.41) is 10.00. The second-order valence-electron chi connectivity index (χ2n) is 4.02. The minimum absolute atomic E-state index is 0.160. The van der Waals surface area contributed by atoms with Gasteiger partial charge < -0.3 is 5.11 Å². The first kappa shape index (κ1) is 12.7. The van der Waals surface area contributed by atoms with Gasteiger partial charge in [0.05, 0.1) is 0 Å². The summed E-state index contributed by atoms with van der Waals surface area (Å²) in [6, 6.07) is 6.38. The molecule has 4 heteroatoms. The molecule has 0 atom stereocenters. The van der Waals surface area contributed by atoms with Crippen LogP contribution in [0, 0.1) is 13.8 Å². The maximum absolute atomic E-state index is 8.98. The summed E-state index contributed by atoms with van der Waals surface area (Å²) in [4.78, 5) is 5.63. The molecule has 1 aromatic heterocycles. The lowest BCUT2D eigenvalue weighted by molar-refractivity contribution is 0.300. The predicted molar refractivity (Wildman–Crippen MR) is 75.5 cm³/mol. The minimum atomic E-state index is 0.160. The third-order valence-electron chi connectivity index (χ3n) is 2.61. The number of halogens is 1. The van der Waals surface area contributed by atoms with Crippen LogP contribution in [0.2, 0.25) is 0 Å². The topological polar surface area (TPSA) is 33.1 Å². The lowest BCUT2D eigenvalue weighted by atomic mass is 10.1. The summed E-state index contributed by atoms with van der Waals surface area (Å²) in [5.41, 5.74) is 3.65. The Morgan fingerprint density at radius 3 is 2.82 bits per heavy atom. The van der Waals surface area contributed by atoms with Crippen LogP contribution in [0.3, 0.4) is 0 Å². The highest BCUT2D eigenvalue weighted by atomic mass is 79.9. The second-order valence-corrected chi connectivity index (χ2v) is 5.86. The van der Waals surface area contributed by atoms with E-state index in [1.54, 1.807) is 11.3 Å². The number of benzene rings is 1. The molecule has 0 aliphatic heterocycles. The van der Waals surface area contributed by atoms with Crippen LogP contribution in [-0.4, -0.2) is 16.7 Å². The van der Waals surface area contributed by atoms with Gasteiger partial charge in [0.1, 0.15) is 9.61 Å². The van der Waals surface area contributed by atoms with Gasteiger partial charge in [-0.1, -0.05) is 17.7 Å². The SMILES string of the molecule is Cc1ccc(C)c(-c2nc(Br)c(CCO)s2)c1. The Bertz CT molecular complexity index is 536. The lowest BCUT2D eigenvalue weighted by Gasteiger charge is -2.03. The summed E-state index contributed by atoms with van der Waals surface area (Å²) < 4.78 is 0.854. The van der Waals surface area contributed by atoms with Crippen molar-refractivity contribution >= 4 is 27.3 Å². The van der Waals surface area contributed by atoms with E-state index in [1.807, 2.05) is 0 Å². The molecular weight excluding hydrogens is 298 g/mol. The third kappa shape index (κ3) is 2.76. The van der Waals surface area contributed by atoms with E-state index < -0.39 is 0 Å². The van der Waals surface area contributed by atoms with Crippen LogP contribution in [0.4, 0.5) is 0 Å². The van der Waals surface area contributed by atoms with Crippen LogP contribution in [0.5, 0.6) is 0 Å². The average Bonchev–Trinajstić information content (AvgIpc) is 2.64. The minimum Gasteiger partial charge on any atom is -0.396 e. The smallest absolute Gasteiger partial charge is 0.125 e. The van der Waals surface area contributed by atoms with Gasteiger partial charge in [0.25, 0.3) is 0 Å². The Morgan fingerprint density at radius 1 is 1.35 bits per heavy atom. The number of nitrogens with zero attached hydrogens (tertiary/aromatic N) is 1. The van der Waals surface area contributed by atoms with Crippen LogP contribution in [0.1, 0.15) is 16.0 Å². The quantitative estimate of drug-likeness (QED) is 0.937. The summed E-state index contributed by atoms with van der Waals surface area (Å²) in [6.45, 7) is 4.34. The van der Waals surface area contributed by atoms with Crippen LogP contribution < -0.4 is 0 Å². The summed E-state index contributed by atoms with van der Waals surface area (Å²) in [7, 11) is 0. The molecule has 2 aromatic rings.